The first-order valence-corrected chi connectivity index (χ1v) is 11.9. The van der Waals surface area contributed by atoms with E-state index in [1.54, 1.807) is 42.5 Å². The number of anilines is 1. The number of rotatable bonds is 5. The molecule has 0 spiro atoms. The van der Waals surface area contributed by atoms with Crippen LogP contribution in [0.25, 0.3) is 11.1 Å². The molecule has 186 valence electrons. The van der Waals surface area contributed by atoms with Gasteiger partial charge < -0.3 is 14.7 Å². The number of halogens is 1. The Kier molecular flexibility index (Phi) is 8.20. The van der Waals surface area contributed by atoms with Gasteiger partial charge in [-0.3, -0.25) is 4.90 Å². The number of carbonyl (C=O) groups is 3. The summed E-state index contributed by atoms with van der Waals surface area (Å²) in [6, 6.07) is 23.2. The van der Waals surface area contributed by atoms with Gasteiger partial charge in [0.25, 0.3) is 0 Å². The van der Waals surface area contributed by atoms with Gasteiger partial charge in [0.05, 0.1) is 5.69 Å². The zero-order valence-corrected chi connectivity index (χ0v) is 20.1. The van der Waals surface area contributed by atoms with Gasteiger partial charge in [-0.1, -0.05) is 72.3 Å². The molecule has 0 bridgehead atoms. The maximum Gasteiger partial charge on any atom is 0.445 e. The fourth-order valence-corrected chi connectivity index (χ4v) is 4.18. The van der Waals surface area contributed by atoms with Crippen molar-refractivity contribution in [2.45, 2.75) is 25.5 Å². The third kappa shape index (κ3) is 6.41. The molecule has 1 saturated heterocycles. The average Bonchev–Trinajstić information content (AvgIpc) is 2.90. The molecule has 1 heterocycles. The summed E-state index contributed by atoms with van der Waals surface area (Å²) in [5, 5.41) is 10.8. The van der Waals surface area contributed by atoms with Crippen LogP contribution < -0.4 is 5.06 Å². The zero-order chi connectivity index (χ0) is 25.5. The molecule has 0 saturated carbocycles. The largest absolute Gasteiger partial charge is 0.463 e. The number of piperidine rings is 1. The van der Waals surface area contributed by atoms with Crippen LogP contribution in [0.3, 0.4) is 0 Å². The van der Waals surface area contributed by atoms with Crippen LogP contribution in [0.2, 0.25) is 5.02 Å². The molecule has 0 aromatic heterocycles. The van der Waals surface area contributed by atoms with Crippen LogP contribution in [0.15, 0.2) is 78.9 Å². The van der Waals surface area contributed by atoms with Gasteiger partial charge in [-0.25, -0.2) is 14.4 Å². The Balaban J connectivity index is 1.34. The van der Waals surface area contributed by atoms with E-state index in [0.29, 0.717) is 41.6 Å². The molecule has 4 rings (SSSR count). The summed E-state index contributed by atoms with van der Waals surface area (Å²) in [4.78, 5) is 44.0. The number of esters is 1. The summed E-state index contributed by atoms with van der Waals surface area (Å²) >= 11 is 5.93. The molecule has 0 unspecified atom stereocenters. The number of hydrogen-bond donors (Lipinski definition) is 1. The highest BCUT2D eigenvalue weighted by molar-refractivity contribution is 6.30. The average molecular weight is 509 g/mol. The molecular weight excluding hydrogens is 484 g/mol. The highest BCUT2D eigenvalue weighted by Crippen LogP contribution is 2.31. The summed E-state index contributed by atoms with van der Waals surface area (Å²) < 4.78 is 5.32. The molecule has 1 amide bonds. The summed E-state index contributed by atoms with van der Waals surface area (Å²) in [7, 11) is 0. The number of amides is 1. The van der Waals surface area contributed by atoms with Crippen molar-refractivity contribution >= 4 is 35.3 Å². The van der Waals surface area contributed by atoms with Crippen LogP contribution in [-0.2, 0) is 25.7 Å². The second-order valence-corrected chi connectivity index (χ2v) is 8.78. The van der Waals surface area contributed by atoms with E-state index >= 15 is 0 Å². The lowest BCUT2D eigenvalue weighted by atomic mass is 10.0. The molecule has 3 aromatic rings. The number of nitrogens with zero attached hydrogens (tertiary/aromatic N) is 2. The highest BCUT2D eigenvalue weighted by Gasteiger charge is 2.31. The normalized spacial score (nSPS) is 14.1. The van der Waals surface area contributed by atoms with Crippen molar-refractivity contribution in [1.29, 1.82) is 0 Å². The number of hydrogen-bond acceptors (Lipinski definition) is 6. The van der Waals surface area contributed by atoms with Crippen LogP contribution >= 0.6 is 11.6 Å². The number of carboxylic acid groups (broad SMARTS) is 1. The van der Waals surface area contributed by atoms with E-state index in [4.69, 9.17) is 21.2 Å². The first-order valence-electron chi connectivity index (χ1n) is 11.5. The topological polar surface area (TPSA) is 96.4 Å². The molecular formula is C27H25ClN2O6. The molecule has 8 nitrogen and oxygen atoms in total. The van der Waals surface area contributed by atoms with E-state index in [-0.39, 0.29) is 5.69 Å². The van der Waals surface area contributed by atoms with Gasteiger partial charge in [-0.05, 0) is 42.2 Å². The predicted molar refractivity (Wildman–Crippen MR) is 134 cm³/mol. The monoisotopic (exact) mass is 508 g/mol. The summed E-state index contributed by atoms with van der Waals surface area (Å²) in [6.45, 7) is 2.11. The molecule has 1 aliphatic heterocycles. The van der Waals surface area contributed by atoms with Crippen molar-refractivity contribution in [3.63, 3.8) is 0 Å². The molecule has 1 aliphatic rings. The first-order chi connectivity index (χ1) is 17.4. The van der Waals surface area contributed by atoms with Gasteiger partial charge in [-0.2, -0.15) is 0 Å². The van der Waals surface area contributed by atoms with Crippen molar-refractivity contribution in [2.75, 3.05) is 18.2 Å². The Morgan fingerprint density at radius 1 is 0.889 bits per heavy atom. The second kappa shape index (κ2) is 11.7. The molecule has 3 aromatic carbocycles. The fraction of sp³-hybridized carbons (Fsp3) is 0.222. The fourth-order valence-electron chi connectivity index (χ4n) is 4.06. The Morgan fingerprint density at radius 2 is 1.53 bits per heavy atom. The Bertz CT molecular complexity index is 1210. The maximum atomic E-state index is 12.5. The van der Waals surface area contributed by atoms with E-state index in [1.165, 1.54) is 6.07 Å². The number of carbonyl (C=O) groups excluding carboxylic acids is 2. The third-order valence-corrected chi connectivity index (χ3v) is 6.10. The lowest BCUT2D eigenvalue weighted by Crippen LogP contribution is -2.40. The van der Waals surface area contributed by atoms with Gasteiger partial charge in [0.2, 0.25) is 0 Å². The van der Waals surface area contributed by atoms with Crippen LogP contribution in [0.1, 0.15) is 18.4 Å². The summed E-state index contributed by atoms with van der Waals surface area (Å²) in [5.41, 5.74) is 2.48. The van der Waals surface area contributed by atoms with Gasteiger partial charge in [0.15, 0.2) is 0 Å². The van der Waals surface area contributed by atoms with E-state index in [1.807, 2.05) is 30.3 Å². The van der Waals surface area contributed by atoms with E-state index < -0.39 is 24.1 Å². The van der Waals surface area contributed by atoms with Gasteiger partial charge in [-0.15, -0.1) is 5.06 Å². The van der Waals surface area contributed by atoms with Crippen LogP contribution in [0.4, 0.5) is 10.5 Å². The van der Waals surface area contributed by atoms with E-state index in [0.717, 1.165) is 17.7 Å². The van der Waals surface area contributed by atoms with Crippen molar-refractivity contribution in [3.05, 3.63) is 89.4 Å². The Morgan fingerprint density at radius 3 is 2.19 bits per heavy atom. The minimum atomic E-state index is -1.55. The Labute approximate surface area is 213 Å². The van der Waals surface area contributed by atoms with Crippen LogP contribution in [0, 0.1) is 0 Å². The Hall–Kier alpha value is -3.88. The third-order valence-electron chi connectivity index (χ3n) is 5.85. The van der Waals surface area contributed by atoms with Gasteiger partial charge in [0.1, 0.15) is 6.10 Å². The van der Waals surface area contributed by atoms with Crippen molar-refractivity contribution in [3.8, 4) is 11.1 Å². The van der Waals surface area contributed by atoms with E-state index in [9.17, 15) is 19.5 Å². The smallest absolute Gasteiger partial charge is 0.445 e. The standard InChI is InChI=1S/C27H25ClN2O6/c28-21-12-10-19(11-13-21)18-29-16-14-22(15-17-29)35-25(31)26(32)36-30(27(33)34)24-9-5-4-8-23(24)20-6-2-1-3-7-20/h1-13,22H,14-18H2,(H,33,34). The second-order valence-electron chi connectivity index (χ2n) is 8.35. The van der Waals surface area contributed by atoms with Crippen molar-refractivity contribution in [1.82, 2.24) is 4.90 Å². The minimum Gasteiger partial charge on any atom is -0.463 e. The number of benzene rings is 3. The van der Waals surface area contributed by atoms with Gasteiger partial charge >= 0.3 is 18.0 Å². The molecule has 0 aliphatic carbocycles. The number of hydroxylamine groups is 1. The number of para-hydroxylation sites is 1. The first kappa shape index (κ1) is 25.2. The van der Waals surface area contributed by atoms with Crippen molar-refractivity contribution < 1.29 is 29.1 Å². The summed E-state index contributed by atoms with van der Waals surface area (Å²) in [6.07, 6.45) is -0.908. The summed E-state index contributed by atoms with van der Waals surface area (Å²) in [5.74, 6) is -2.63. The van der Waals surface area contributed by atoms with Gasteiger partial charge in [0, 0.05) is 30.2 Å². The van der Waals surface area contributed by atoms with Crippen molar-refractivity contribution in [2.24, 2.45) is 0 Å². The number of ether oxygens (including phenoxy) is 1. The zero-order valence-electron chi connectivity index (χ0n) is 19.4. The SMILES string of the molecule is O=C(OC1CCN(Cc2ccc(Cl)cc2)CC1)C(=O)ON(C(=O)O)c1ccccc1-c1ccccc1. The lowest BCUT2D eigenvalue weighted by molar-refractivity contribution is -0.172. The molecule has 1 fully saturated rings. The minimum absolute atomic E-state index is 0.104. The molecule has 0 atom stereocenters. The predicted octanol–water partition coefficient (Wildman–Crippen LogP) is 5.16. The lowest BCUT2D eigenvalue weighted by Gasteiger charge is -2.31. The van der Waals surface area contributed by atoms with Crippen LogP contribution in [-0.4, -0.2) is 47.2 Å². The van der Waals surface area contributed by atoms with Crippen LogP contribution in [0.5, 0.6) is 0 Å². The van der Waals surface area contributed by atoms with E-state index in [2.05, 4.69) is 4.90 Å². The molecule has 0 radical (unpaired) electrons. The molecule has 9 heteroatoms. The molecule has 36 heavy (non-hydrogen) atoms. The molecule has 1 N–H and O–H groups in total. The maximum absolute atomic E-state index is 12.5. The highest BCUT2D eigenvalue weighted by atomic mass is 35.5. The quantitative estimate of drug-likeness (QED) is 0.289. The number of likely N-dealkylation sites (tertiary alicyclic amines) is 1.